The number of aromatic nitrogens is 2. The maximum Gasteiger partial charge on any atom is 0.412 e. The lowest BCUT2D eigenvalue weighted by Crippen LogP contribution is -2.27. The number of H-pyrrole nitrogens is 1. The van der Waals surface area contributed by atoms with Crippen LogP contribution in [-0.4, -0.2) is 34.5 Å². The second-order valence-electron chi connectivity index (χ2n) is 6.47. The number of carbonyl (C=O) groups is 2. The van der Waals surface area contributed by atoms with Gasteiger partial charge in [0.2, 0.25) is 11.6 Å². The van der Waals surface area contributed by atoms with Gasteiger partial charge in [0.15, 0.2) is 5.75 Å². The Morgan fingerprint density at radius 2 is 1.94 bits per heavy atom. The van der Waals surface area contributed by atoms with Crippen LogP contribution in [0, 0.1) is 11.3 Å². The Morgan fingerprint density at radius 3 is 2.44 bits per heavy atom. The van der Waals surface area contributed by atoms with Crippen LogP contribution in [0.4, 0.5) is 10.5 Å². The average Bonchev–Trinajstić information content (AvgIpc) is 2.71. The Kier molecular flexibility index (Phi) is 8.17. The van der Waals surface area contributed by atoms with Gasteiger partial charge in [-0.15, -0.1) is 5.10 Å². The van der Waals surface area contributed by atoms with E-state index in [9.17, 15) is 14.4 Å². The minimum Gasteiger partial charge on any atom is -0.434 e. The summed E-state index contributed by atoms with van der Waals surface area (Å²) in [6.45, 7) is 5.57. The van der Waals surface area contributed by atoms with E-state index in [-0.39, 0.29) is 39.7 Å². The number of benzene rings is 1. The number of nitriles is 1. The molecule has 1 aromatic heterocycles. The number of esters is 1. The van der Waals surface area contributed by atoms with E-state index in [0.717, 1.165) is 0 Å². The molecule has 0 saturated heterocycles. The topological polar surface area (TPSA) is 164 Å². The lowest BCUT2D eigenvalue weighted by Gasteiger charge is -2.19. The maximum atomic E-state index is 11.8. The highest BCUT2D eigenvalue weighted by Gasteiger charge is 2.20. The highest BCUT2D eigenvalue weighted by atomic mass is 35.5. The second kappa shape index (κ2) is 10.6. The molecule has 32 heavy (non-hydrogen) atoms. The third-order valence-corrected chi connectivity index (χ3v) is 4.49. The summed E-state index contributed by atoms with van der Waals surface area (Å²) in [4.78, 5) is 34.3. The highest BCUT2D eigenvalue weighted by Crippen LogP contribution is 2.39. The number of nitrogens with one attached hydrogen (secondary N) is 1. The van der Waals surface area contributed by atoms with E-state index in [1.54, 1.807) is 6.92 Å². The first-order valence-corrected chi connectivity index (χ1v) is 9.87. The van der Waals surface area contributed by atoms with Gasteiger partial charge in [0, 0.05) is 18.2 Å². The van der Waals surface area contributed by atoms with Gasteiger partial charge in [0.1, 0.15) is 6.07 Å². The molecule has 13 heteroatoms. The second-order valence-corrected chi connectivity index (χ2v) is 7.29. The number of nitrogens with zero attached hydrogens (tertiary/aromatic N) is 4. The van der Waals surface area contributed by atoms with Crippen molar-refractivity contribution in [2.75, 3.05) is 11.6 Å². The number of hydrazone groups is 1. The Morgan fingerprint density at radius 1 is 1.31 bits per heavy atom. The van der Waals surface area contributed by atoms with Crippen molar-refractivity contribution >= 4 is 46.7 Å². The van der Waals surface area contributed by atoms with Crippen LogP contribution in [0.5, 0.6) is 11.6 Å². The van der Waals surface area contributed by atoms with Crippen LogP contribution >= 0.6 is 23.2 Å². The first-order valence-electron chi connectivity index (χ1n) is 9.11. The zero-order valence-corrected chi connectivity index (χ0v) is 18.7. The molecule has 0 atom stereocenters. The van der Waals surface area contributed by atoms with Gasteiger partial charge in [0.05, 0.1) is 15.7 Å². The number of hydrogen-bond donors (Lipinski definition) is 2. The predicted octanol–water partition coefficient (Wildman–Crippen LogP) is 3.32. The normalized spacial score (nSPS) is 11.1. The van der Waals surface area contributed by atoms with Crippen molar-refractivity contribution in [3.8, 4) is 17.7 Å². The summed E-state index contributed by atoms with van der Waals surface area (Å²) in [5.74, 6) is -1.22. The van der Waals surface area contributed by atoms with Crippen molar-refractivity contribution in [1.29, 1.82) is 5.26 Å². The number of ether oxygens (including phenoxy) is 2. The number of nitrogens with two attached hydrogens (primary N) is 1. The van der Waals surface area contributed by atoms with Crippen LogP contribution in [0.3, 0.4) is 0 Å². The summed E-state index contributed by atoms with van der Waals surface area (Å²) in [7, 11) is 0. The van der Waals surface area contributed by atoms with E-state index in [4.69, 9.17) is 38.9 Å². The monoisotopic (exact) mass is 480 g/mol. The zero-order valence-electron chi connectivity index (χ0n) is 17.2. The molecule has 0 saturated carbocycles. The average molecular weight is 481 g/mol. The minimum atomic E-state index is -1.37. The molecule has 168 valence electrons. The summed E-state index contributed by atoms with van der Waals surface area (Å²) in [5.41, 5.74) is 4.52. The van der Waals surface area contributed by atoms with Crippen LogP contribution in [-0.2, 0) is 9.53 Å². The molecule has 0 aliphatic rings. The third-order valence-electron chi connectivity index (χ3n) is 3.93. The lowest BCUT2D eigenvalue weighted by atomic mass is 10.1. The fourth-order valence-electron chi connectivity index (χ4n) is 2.46. The van der Waals surface area contributed by atoms with E-state index < -0.39 is 17.8 Å². The number of aromatic amines is 1. The number of primary amides is 1. The van der Waals surface area contributed by atoms with E-state index in [1.165, 1.54) is 29.3 Å². The zero-order chi connectivity index (χ0) is 24.0. The van der Waals surface area contributed by atoms with Gasteiger partial charge in [-0.1, -0.05) is 37.0 Å². The Balaban J connectivity index is 2.39. The Bertz CT molecular complexity index is 1150. The molecule has 0 radical (unpaired) electrons. The molecule has 0 aliphatic carbocycles. The quantitative estimate of drug-likeness (QED) is 0.263. The molecule has 0 spiro atoms. The maximum absolute atomic E-state index is 11.8. The highest BCUT2D eigenvalue weighted by molar-refractivity contribution is 6.44. The summed E-state index contributed by atoms with van der Waals surface area (Å²) < 4.78 is 9.83. The molecule has 0 fully saturated rings. The number of halogens is 2. The molecule has 1 amide bonds. The van der Waals surface area contributed by atoms with Gasteiger partial charge in [0.25, 0.3) is 5.56 Å². The number of hydrogen-bond acceptors (Lipinski definition) is 9. The Labute approximate surface area is 192 Å². The van der Waals surface area contributed by atoms with E-state index >= 15 is 0 Å². The van der Waals surface area contributed by atoms with Crippen molar-refractivity contribution in [2.45, 2.75) is 26.7 Å². The van der Waals surface area contributed by atoms with Gasteiger partial charge >= 0.3 is 12.1 Å². The molecule has 2 rings (SSSR count). The molecular formula is C19H18Cl2N6O5. The van der Waals surface area contributed by atoms with Crippen molar-refractivity contribution < 1.29 is 19.1 Å². The van der Waals surface area contributed by atoms with Crippen molar-refractivity contribution in [1.82, 2.24) is 10.2 Å². The summed E-state index contributed by atoms with van der Waals surface area (Å²) in [5, 5.41) is 20.6. The standard InChI is InChI=1S/C19H18Cl2N6O5/c1-4-27(26-14(8-22)18(29)32-19(23)30)10-5-12(20)16(13(21)6-10)31-15-7-11(9(2)3)17(28)25-24-15/h5-7,9H,4H2,1-3H3,(H2,23,30)(H,25,28). The van der Waals surface area contributed by atoms with Crippen LogP contribution < -0.4 is 21.0 Å². The van der Waals surface area contributed by atoms with Crippen LogP contribution in [0.2, 0.25) is 10.0 Å². The van der Waals surface area contributed by atoms with Gasteiger partial charge < -0.3 is 15.2 Å². The molecule has 0 bridgehead atoms. The summed E-state index contributed by atoms with van der Waals surface area (Å²) in [6, 6.07) is 5.87. The van der Waals surface area contributed by atoms with Crippen molar-refractivity contribution in [2.24, 2.45) is 10.8 Å². The summed E-state index contributed by atoms with van der Waals surface area (Å²) >= 11 is 12.6. The third kappa shape index (κ3) is 5.96. The van der Waals surface area contributed by atoms with Crippen LogP contribution in [0.1, 0.15) is 32.3 Å². The molecule has 11 nitrogen and oxygen atoms in total. The predicted molar refractivity (Wildman–Crippen MR) is 117 cm³/mol. The van der Waals surface area contributed by atoms with Crippen molar-refractivity contribution in [3.05, 3.63) is 44.2 Å². The van der Waals surface area contributed by atoms with Gasteiger partial charge in [-0.3, -0.25) is 9.80 Å². The fraction of sp³-hybridized carbons (Fsp3) is 0.263. The molecule has 2 aromatic rings. The van der Waals surface area contributed by atoms with Gasteiger partial charge in [-0.05, 0) is 25.0 Å². The first-order chi connectivity index (χ1) is 15.1. The SMILES string of the molecule is CCN(N=C(C#N)C(=O)OC(N)=O)c1cc(Cl)c(Oc2cc(C(C)C)c(=O)[nH]n2)c(Cl)c1. The van der Waals surface area contributed by atoms with E-state index in [2.05, 4.69) is 20.0 Å². The van der Waals surface area contributed by atoms with Gasteiger partial charge in [-0.2, -0.15) is 10.4 Å². The van der Waals surface area contributed by atoms with Crippen LogP contribution in [0.25, 0.3) is 0 Å². The first kappa shape index (κ1) is 24.6. The molecule has 3 N–H and O–H groups in total. The lowest BCUT2D eigenvalue weighted by molar-refractivity contribution is -0.129. The largest absolute Gasteiger partial charge is 0.434 e. The van der Waals surface area contributed by atoms with E-state index in [1.807, 2.05) is 13.8 Å². The molecule has 0 unspecified atom stereocenters. The number of carbonyl (C=O) groups excluding carboxylic acids is 2. The van der Waals surface area contributed by atoms with Gasteiger partial charge in [-0.25, -0.2) is 14.7 Å². The van der Waals surface area contributed by atoms with Crippen LogP contribution in [0.15, 0.2) is 28.1 Å². The summed E-state index contributed by atoms with van der Waals surface area (Å²) in [6.07, 6.45) is -1.37. The smallest absolute Gasteiger partial charge is 0.412 e. The molecule has 1 heterocycles. The molecule has 1 aromatic carbocycles. The number of amides is 1. The van der Waals surface area contributed by atoms with Crippen molar-refractivity contribution in [3.63, 3.8) is 0 Å². The molecule has 0 aliphatic heterocycles. The number of anilines is 1. The minimum absolute atomic E-state index is 0.0658. The molecular weight excluding hydrogens is 463 g/mol. The Hall–Kier alpha value is -3.62. The number of rotatable bonds is 7. The van der Waals surface area contributed by atoms with E-state index in [0.29, 0.717) is 11.3 Å². The fourth-order valence-corrected chi connectivity index (χ4v) is 3.01.